The van der Waals surface area contributed by atoms with Crippen molar-refractivity contribution in [2.45, 2.75) is 31.7 Å². The van der Waals surface area contributed by atoms with Crippen molar-refractivity contribution in [1.29, 1.82) is 0 Å². The third-order valence-corrected chi connectivity index (χ3v) is 2.58. The van der Waals surface area contributed by atoms with Crippen LogP contribution in [0, 0.1) is 12.3 Å². The van der Waals surface area contributed by atoms with Gasteiger partial charge in [-0.2, -0.15) is 0 Å². The van der Waals surface area contributed by atoms with Gasteiger partial charge in [0.2, 0.25) is 0 Å². The van der Waals surface area contributed by atoms with Gasteiger partial charge in [0.1, 0.15) is 5.78 Å². The first-order chi connectivity index (χ1) is 6.72. The highest BCUT2D eigenvalue weighted by Crippen LogP contribution is 2.08. The smallest absolute Gasteiger partial charge is 0.147 e. The van der Waals surface area contributed by atoms with Gasteiger partial charge in [-0.05, 0) is 12.8 Å². The summed E-state index contributed by atoms with van der Waals surface area (Å²) in [4.78, 5) is 13.6. The minimum Gasteiger partial charge on any atom is -0.328 e. The molecular formula is C11H18N2O. The van der Waals surface area contributed by atoms with E-state index in [1.807, 2.05) is 0 Å². The first kappa shape index (κ1) is 11.2. The number of rotatable bonds is 4. The molecule has 14 heavy (non-hydrogen) atoms. The molecule has 1 saturated heterocycles. The second-order valence-electron chi connectivity index (χ2n) is 3.86. The van der Waals surface area contributed by atoms with Crippen LogP contribution in [0.1, 0.15) is 25.7 Å². The Morgan fingerprint density at radius 3 is 2.71 bits per heavy atom. The van der Waals surface area contributed by atoms with E-state index in [0.717, 1.165) is 25.9 Å². The lowest BCUT2D eigenvalue weighted by Crippen LogP contribution is -2.41. The van der Waals surface area contributed by atoms with Gasteiger partial charge >= 0.3 is 0 Å². The summed E-state index contributed by atoms with van der Waals surface area (Å²) >= 11 is 0. The van der Waals surface area contributed by atoms with E-state index < -0.39 is 0 Å². The normalized spacial score (nSPS) is 19.1. The van der Waals surface area contributed by atoms with Gasteiger partial charge < -0.3 is 5.73 Å². The second kappa shape index (κ2) is 5.79. The van der Waals surface area contributed by atoms with Gasteiger partial charge in [0.05, 0.1) is 6.54 Å². The molecule has 0 bridgehead atoms. The van der Waals surface area contributed by atoms with Crippen LogP contribution >= 0.6 is 0 Å². The molecule has 1 aliphatic heterocycles. The van der Waals surface area contributed by atoms with Crippen LogP contribution in [0.3, 0.4) is 0 Å². The van der Waals surface area contributed by atoms with Crippen molar-refractivity contribution in [3.05, 3.63) is 0 Å². The molecule has 1 aliphatic rings. The SMILES string of the molecule is C#CCCC(=O)CN1CCC(N)CC1. The molecule has 3 nitrogen and oxygen atoms in total. The highest BCUT2D eigenvalue weighted by Gasteiger charge is 2.17. The van der Waals surface area contributed by atoms with Crippen molar-refractivity contribution < 1.29 is 4.79 Å². The van der Waals surface area contributed by atoms with E-state index >= 15 is 0 Å². The summed E-state index contributed by atoms with van der Waals surface area (Å²) in [6.45, 7) is 2.44. The number of piperidine rings is 1. The number of nitrogens with zero attached hydrogens (tertiary/aromatic N) is 1. The van der Waals surface area contributed by atoms with E-state index in [4.69, 9.17) is 12.2 Å². The Morgan fingerprint density at radius 2 is 2.14 bits per heavy atom. The van der Waals surface area contributed by atoms with Crippen molar-refractivity contribution in [3.8, 4) is 12.3 Å². The Morgan fingerprint density at radius 1 is 1.50 bits per heavy atom. The highest BCUT2D eigenvalue weighted by atomic mass is 16.1. The predicted octanol–water partition coefficient (Wildman–Crippen LogP) is 0.392. The standard InChI is InChI=1S/C11H18N2O/c1-2-3-4-11(14)9-13-7-5-10(12)6-8-13/h1,10H,3-9,12H2. The average Bonchev–Trinajstić information content (AvgIpc) is 2.18. The number of hydrogen-bond donors (Lipinski definition) is 1. The maximum atomic E-state index is 11.4. The first-order valence-electron chi connectivity index (χ1n) is 5.15. The Balaban J connectivity index is 2.18. The van der Waals surface area contributed by atoms with Crippen LogP contribution in [-0.2, 0) is 4.79 Å². The van der Waals surface area contributed by atoms with Crippen LogP contribution in [0.5, 0.6) is 0 Å². The lowest BCUT2D eigenvalue weighted by atomic mass is 10.1. The zero-order valence-corrected chi connectivity index (χ0v) is 8.54. The summed E-state index contributed by atoms with van der Waals surface area (Å²) in [5.41, 5.74) is 5.77. The fourth-order valence-corrected chi connectivity index (χ4v) is 1.65. The number of nitrogens with two attached hydrogens (primary N) is 1. The molecule has 0 aromatic rings. The van der Waals surface area contributed by atoms with Crippen LogP contribution in [0.15, 0.2) is 0 Å². The molecule has 2 N–H and O–H groups in total. The van der Waals surface area contributed by atoms with Crippen LogP contribution in [-0.4, -0.2) is 36.4 Å². The molecular weight excluding hydrogens is 176 g/mol. The number of carbonyl (C=O) groups excluding carboxylic acids is 1. The van der Waals surface area contributed by atoms with Crippen molar-refractivity contribution in [2.75, 3.05) is 19.6 Å². The molecule has 0 atom stereocenters. The second-order valence-corrected chi connectivity index (χ2v) is 3.86. The maximum Gasteiger partial charge on any atom is 0.147 e. The topological polar surface area (TPSA) is 46.3 Å². The van der Waals surface area contributed by atoms with Crippen LogP contribution in [0.2, 0.25) is 0 Å². The van der Waals surface area contributed by atoms with Crippen molar-refractivity contribution in [1.82, 2.24) is 4.90 Å². The summed E-state index contributed by atoms with van der Waals surface area (Å²) in [7, 11) is 0. The average molecular weight is 194 g/mol. The molecule has 0 aromatic carbocycles. The summed E-state index contributed by atoms with van der Waals surface area (Å²) in [5, 5.41) is 0. The summed E-state index contributed by atoms with van der Waals surface area (Å²) in [5.74, 6) is 2.73. The molecule has 0 amide bonds. The fraction of sp³-hybridized carbons (Fsp3) is 0.727. The highest BCUT2D eigenvalue weighted by molar-refractivity contribution is 5.80. The Labute approximate surface area is 85.6 Å². The van der Waals surface area contributed by atoms with Gasteiger partial charge in [0.15, 0.2) is 0 Å². The molecule has 0 aromatic heterocycles. The Bertz CT molecular complexity index is 224. The van der Waals surface area contributed by atoms with Gasteiger partial charge in [-0.1, -0.05) is 0 Å². The third kappa shape index (κ3) is 3.91. The lowest BCUT2D eigenvalue weighted by molar-refractivity contribution is -0.120. The van der Waals surface area contributed by atoms with E-state index in [1.165, 1.54) is 0 Å². The molecule has 1 fully saturated rings. The Hall–Kier alpha value is -0.850. The number of carbonyl (C=O) groups is 1. The third-order valence-electron chi connectivity index (χ3n) is 2.58. The fourth-order valence-electron chi connectivity index (χ4n) is 1.65. The van der Waals surface area contributed by atoms with Crippen molar-refractivity contribution >= 4 is 5.78 Å². The molecule has 0 saturated carbocycles. The number of likely N-dealkylation sites (tertiary alicyclic amines) is 1. The van der Waals surface area contributed by atoms with Gasteiger partial charge in [0, 0.05) is 32.0 Å². The van der Waals surface area contributed by atoms with Crippen LogP contribution in [0.4, 0.5) is 0 Å². The van der Waals surface area contributed by atoms with Gasteiger partial charge in [0.25, 0.3) is 0 Å². The van der Waals surface area contributed by atoms with E-state index in [2.05, 4.69) is 10.8 Å². The maximum absolute atomic E-state index is 11.4. The van der Waals surface area contributed by atoms with Gasteiger partial charge in [-0.15, -0.1) is 12.3 Å². The minimum atomic E-state index is 0.249. The molecule has 0 aliphatic carbocycles. The number of ketones is 1. The summed E-state index contributed by atoms with van der Waals surface area (Å²) in [6, 6.07) is 0.326. The summed E-state index contributed by atoms with van der Waals surface area (Å²) in [6.07, 6.45) is 8.18. The van der Waals surface area contributed by atoms with E-state index in [9.17, 15) is 4.79 Å². The zero-order valence-electron chi connectivity index (χ0n) is 8.54. The predicted molar refractivity (Wildman–Crippen MR) is 56.7 cm³/mol. The van der Waals surface area contributed by atoms with Crippen molar-refractivity contribution in [3.63, 3.8) is 0 Å². The van der Waals surface area contributed by atoms with E-state index in [-0.39, 0.29) is 5.78 Å². The largest absolute Gasteiger partial charge is 0.328 e. The van der Waals surface area contributed by atoms with E-state index in [1.54, 1.807) is 0 Å². The Kier molecular flexibility index (Phi) is 4.64. The quantitative estimate of drug-likeness (QED) is 0.659. The first-order valence-corrected chi connectivity index (χ1v) is 5.15. The zero-order chi connectivity index (χ0) is 10.4. The van der Waals surface area contributed by atoms with Crippen molar-refractivity contribution in [2.24, 2.45) is 5.73 Å². The molecule has 0 spiro atoms. The summed E-state index contributed by atoms with van der Waals surface area (Å²) < 4.78 is 0. The lowest BCUT2D eigenvalue weighted by Gasteiger charge is -2.29. The van der Waals surface area contributed by atoms with E-state index in [0.29, 0.717) is 25.4 Å². The molecule has 1 rings (SSSR count). The van der Waals surface area contributed by atoms with Crippen LogP contribution < -0.4 is 5.73 Å². The minimum absolute atomic E-state index is 0.249. The van der Waals surface area contributed by atoms with Crippen LogP contribution in [0.25, 0.3) is 0 Å². The molecule has 1 heterocycles. The number of Topliss-reactive ketones (excluding diaryl/α,β-unsaturated/α-hetero) is 1. The molecule has 78 valence electrons. The molecule has 0 radical (unpaired) electrons. The van der Waals surface area contributed by atoms with Gasteiger partial charge in [-0.3, -0.25) is 9.69 Å². The number of terminal acetylenes is 1. The molecule has 3 heteroatoms. The monoisotopic (exact) mass is 194 g/mol. The molecule has 0 unspecified atom stereocenters. The number of hydrogen-bond acceptors (Lipinski definition) is 3. The van der Waals surface area contributed by atoms with Gasteiger partial charge in [-0.25, -0.2) is 0 Å².